The number of amides is 2. The summed E-state index contributed by atoms with van der Waals surface area (Å²) in [4.78, 5) is 24.6. The van der Waals surface area contributed by atoms with E-state index in [1.807, 2.05) is 6.07 Å². The van der Waals surface area contributed by atoms with Gasteiger partial charge in [0.25, 0.3) is 0 Å². The lowest BCUT2D eigenvalue weighted by molar-refractivity contribution is -0.121. The molecule has 0 aliphatic carbocycles. The van der Waals surface area contributed by atoms with Crippen LogP contribution < -0.4 is 20.1 Å². The first-order chi connectivity index (χ1) is 14.4. The van der Waals surface area contributed by atoms with E-state index in [4.69, 9.17) is 19.5 Å². The van der Waals surface area contributed by atoms with Crippen LogP contribution in [-0.2, 0) is 9.53 Å². The number of methoxy groups -OCH3 is 1. The maximum absolute atomic E-state index is 12.6. The monoisotopic (exact) mass is 425 g/mol. The maximum atomic E-state index is 12.6. The number of nitriles is 1. The fraction of sp³-hybridized carbons (Fsp3) is 0.348. The van der Waals surface area contributed by atoms with Crippen molar-refractivity contribution >= 4 is 17.7 Å². The lowest BCUT2D eigenvalue weighted by Crippen LogP contribution is -2.53. The molecule has 0 saturated carbocycles. The van der Waals surface area contributed by atoms with Crippen molar-refractivity contribution in [1.82, 2.24) is 5.32 Å². The molecule has 8 nitrogen and oxygen atoms in total. The SMILES string of the molecule is COc1cc(Oc2ccc(NC(=O)C(C)(C)NC(=O)OC(C)(C)C)cc2)ccc1C#N. The molecule has 31 heavy (non-hydrogen) atoms. The molecule has 0 aliphatic heterocycles. The van der Waals surface area contributed by atoms with Crippen LogP contribution in [0.2, 0.25) is 0 Å². The summed E-state index contributed by atoms with van der Waals surface area (Å²) in [5.41, 5.74) is -0.897. The second-order valence-electron chi connectivity index (χ2n) is 8.31. The summed E-state index contributed by atoms with van der Waals surface area (Å²) >= 11 is 0. The molecule has 0 atom stereocenters. The number of hydrogen-bond donors (Lipinski definition) is 2. The highest BCUT2D eigenvalue weighted by Gasteiger charge is 2.31. The van der Waals surface area contributed by atoms with E-state index in [1.54, 1.807) is 77.1 Å². The second kappa shape index (κ2) is 9.39. The topological polar surface area (TPSA) is 110 Å². The molecule has 0 unspecified atom stereocenters. The zero-order chi connectivity index (χ0) is 23.2. The summed E-state index contributed by atoms with van der Waals surface area (Å²) < 4.78 is 16.1. The van der Waals surface area contributed by atoms with Crippen LogP contribution in [-0.4, -0.2) is 30.3 Å². The second-order valence-corrected chi connectivity index (χ2v) is 8.31. The van der Waals surface area contributed by atoms with Crippen molar-refractivity contribution in [3.05, 3.63) is 48.0 Å². The van der Waals surface area contributed by atoms with Gasteiger partial charge in [0.15, 0.2) is 0 Å². The number of hydrogen-bond acceptors (Lipinski definition) is 6. The first-order valence-corrected chi connectivity index (χ1v) is 9.62. The van der Waals surface area contributed by atoms with Gasteiger partial charge in [-0.2, -0.15) is 5.26 Å². The summed E-state index contributed by atoms with van der Waals surface area (Å²) in [5, 5.41) is 14.4. The number of nitrogens with one attached hydrogen (secondary N) is 2. The summed E-state index contributed by atoms with van der Waals surface area (Å²) in [6, 6.07) is 13.7. The Bertz CT molecular complexity index is 986. The van der Waals surface area contributed by atoms with Crippen LogP contribution in [0.3, 0.4) is 0 Å². The highest BCUT2D eigenvalue weighted by atomic mass is 16.6. The normalized spacial score (nSPS) is 11.1. The minimum absolute atomic E-state index is 0.399. The molecule has 2 amide bonds. The van der Waals surface area contributed by atoms with Crippen molar-refractivity contribution in [2.24, 2.45) is 0 Å². The summed E-state index contributed by atoms with van der Waals surface area (Å²) in [7, 11) is 1.48. The van der Waals surface area contributed by atoms with Gasteiger partial charge in [-0.05, 0) is 71.0 Å². The molecule has 0 spiro atoms. The van der Waals surface area contributed by atoms with Crippen LogP contribution >= 0.6 is 0 Å². The van der Waals surface area contributed by atoms with E-state index in [2.05, 4.69) is 10.6 Å². The van der Waals surface area contributed by atoms with Crippen molar-refractivity contribution < 1.29 is 23.8 Å². The van der Waals surface area contributed by atoms with E-state index in [-0.39, 0.29) is 0 Å². The van der Waals surface area contributed by atoms with Crippen molar-refractivity contribution in [3.8, 4) is 23.3 Å². The van der Waals surface area contributed by atoms with Crippen molar-refractivity contribution in [1.29, 1.82) is 5.26 Å². The zero-order valence-corrected chi connectivity index (χ0v) is 18.5. The molecule has 2 N–H and O–H groups in total. The van der Waals surface area contributed by atoms with Gasteiger partial charge in [0.05, 0.1) is 12.7 Å². The summed E-state index contributed by atoms with van der Waals surface area (Å²) in [6.45, 7) is 8.41. The van der Waals surface area contributed by atoms with Crippen LogP contribution in [0.25, 0.3) is 0 Å². The molecule has 2 aromatic rings. The Labute approximate surface area is 182 Å². The van der Waals surface area contributed by atoms with Gasteiger partial charge in [0.2, 0.25) is 5.91 Å². The van der Waals surface area contributed by atoms with Crippen LogP contribution in [0.15, 0.2) is 42.5 Å². The third kappa shape index (κ3) is 6.93. The Morgan fingerprint density at radius 3 is 2.13 bits per heavy atom. The smallest absolute Gasteiger partial charge is 0.408 e. The highest BCUT2D eigenvalue weighted by Crippen LogP contribution is 2.28. The summed E-state index contributed by atoms with van der Waals surface area (Å²) in [5.74, 6) is 1.07. The lowest BCUT2D eigenvalue weighted by Gasteiger charge is -2.27. The predicted octanol–water partition coefficient (Wildman–Crippen LogP) is 4.60. The van der Waals surface area contributed by atoms with Crippen LogP contribution in [0.4, 0.5) is 10.5 Å². The Morgan fingerprint density at radius 1 is 0.968 bits per heavy atom. The molecule has 2 aromatic carbocycles. The van der Waals surface area contributed by atoms with Gasteiger partial charge in [0.1, 0.15) is 34.5 Å². The number of benzene rings is 2. The minimum atomic E-state index is -1.18. The molecular weight excluding hydrogens is 398 g/mol. The number of alkyl carbamates (subject to hydrolysis) is 1. The Morgan fingerprint density at radius 2 is 1.58 bits per heavy atom. The summed E-state index contributed by atoms with van der Waals surface area (Å²) in [6.07, 6.45) is -0.672. The molecule has 0 aromatic heterocycles. The van der Waals surface area contributed by atoms with Gasteiger partial charge >= 0.3 is 6.09 Å². The van der Waals surface area contributed by atoms with Crippen LogP contribution in [0.5, 0.6) is 17.2 Å². The quantitative estimate of drug-likeness (QED) is 0.700. The van der Waals surface area contributed by atoms with Gasteiger partial charge in [0, 0.05) is 11.8 Å². The Balaban J connectivity index is 2.01. The number of nitrogens with zero attached hydrogens (tertiary/aromatic N) is 1. The lowest BCUT2D eigenvalue weighted by atomic mass is 10.0. The highest BCUT2D eigenvalue weighted by molar-refractivity contribution is 5.99. The van der Waals surface area contributed by atoms with Gasteiger partial charge < -0.3 is 24.8 Å². The molecule has 0 saturated heterocycles. The molecule has 0 radical (unpaired) electrons. The molecule has 0 bridgehead atoms. The number of carbonyl (C=O) groups excluding carboxylic acids is 2. The molecule has 0 heterocycles. The molecule has 0 fully saturated rings. The van der Waals surface area contributed by atoms with Crippen molar-refractivity contribution in [3.63, 3.8) is 0 Å². The standard InChI is InChI=1S/C23H27N3O5/c1-22(2,3)31-21(28)26-23(4,5)20(27)25-16-8-11-17(12-9-16)30-18-10-7-15(14-24)19(13-18)29-6/h7-13H,1-6H3,(H,25,27)(H,26,28). The molecule has 2 rings (SSSR count). The van der Waals surface area contributed by atoms with Crippen molar-refractivity contribution in [2.45, 2.75) is 45.8 Å². The van der Waals surface area contributed by atoms with E-state index >= 15 is 0 Å². The van der Waals surface area contributed by atoms with Gasteiger partial charge in [-0.25, -0.2) is 4.79 Å². The van der Waals surface area contributed by atoms with Gasteiger partial charge in [-0.3, -0.25) is 4.79 Å². The third-order valence-electron chi connectivity index (χ3n) is 4.02. The predicted molar refractivity (Wildman–Crippen MR) is 116 cm³/mol. The fourth-order valence-electron chi connectivity index (χ4n) is 2.47. The Hall–Kier alpha value is -3.73. The largest absolute Gasteiger partial charge is 0.495 e. The number of ether oxygens (including phenoxy) is 3. The van der Waals surface area contributed by atoms with E-state index in [1.165, 1.54) is 7.11 Å². The van der Waals surface area contributed by atoms with Crippen LogP contribution in [0.1, 0.15) is 40.2 Å². The average Bonchev–Trinajstić information content (AvgIpc) is 2.67. The number of rotatable bonds is 6. The average molecular weight is 425 g/mol. The Kier molecular flexibility index (Phi) is 7.13. The first-order valence-electron chi connectivity index (χ1n) is 9.62. The molecule has 8 heteroatoms. The minimum Gasteiger partial charge on any atom is -0.495 e. The number of carbonyl (C=O) groups is 2. The maximum Gasteiger partial charge on any atom is 0.408 e. The van der Waals surface area contributed by atoms with E-state index in [0.717, 1.165) is 0 Å². The van der Waals surface area contributed by atoms with Crippen LogP contribution in [0, 0.1) is 11.3 Å². The first kappa shape index (κ1) is 23.5. The van der Waals surface area contributed by atoms with Gasteiger partial charge in [-0.1, -0.05) is 0 Å². The van der Waals surface area contributed by atoms with Gasteiger partial charge in [-0.15, -0.1) is 0 Å². The van der Waals surface area contributed by atoms with E-state index in [9.17, 15) is 9.59 Å². The fourth-order valence-corrected chi connectivity index (χ4v) is 2.47. The van der Waals surface area contributed by atoms with E-state index in [0.29, 0.717) is 28.5 Å². The van der Waals surface area contributed by atoms with Crippen molar-refractivity contribution in [2.75, 3.05) is 12.4 Å². The third-order valence-corrected chi connectivity index (χ3v) is 4.02. The molecular formula is C23H27N3O5. The molecule has 164 valence electrons. The van der Waals surface area contributed by atoms with E-state index < -0.39 is 23.1 Å². The number of anilines is 1. The zero-order valence-electron chi connectivity index (χ0n) is 18.5. The molecule has 0 aliphatic rings.